The van der Waals surface area contributed by atoms with Crippen LogP contribution in [-0.2, 0) is 0 Å². The summed E-state index contributed by atoms with van der Waals surface area (Å²) in [4.78, 5) is 26.6. The van der Waals surface area contributed by atoms with Crippen LogP contribution >= 0.6 is 0 Å². The Morgan fingerprint density at radius 2 is 2.00 bits per heavy atom. The normalized spacial score (nSPS) is 11.3. The van der Waals surface area contributed by atoms with Crippen LogP contribution in [0.5, 0.6) is 0 Å². The number of halogens is 2. The van der Waals surface area contributed by atoms with Crippen molar-refractivity contribution >= 4 is 18.1 Å². The number of carbonyl (C=O) groups is 1. The van der Waals surface area contributed by atoms with E-state index >= 15 is 0 Å². The summed E-state index contributed by atoms with van der Waals surface area (Å²) in [7, 11) is 0. The Morgan fingerprint density at radius 3 is 2.74 bits per heavy atom. The van der Waals surface area contributed by atoms with E-state index in [1.54, 1.807) is 18.2 Å². The lowest BCUT2D eigenvalue weighted by Gasteiger charge is -2.08. The molecule has 27 heavy (non-hydrogen) atoms. The van der Waals surface area contributed by atoms with E-state index < -0.39 is 12.1 Å². The van der Waals surface area contributed by atoms with Crippen LogP contribution in [0.1, 0.15) is 21.7 Å². The van der Waals surface area contributed by atoms with Gasteiger partial charge in [-0.2, -0.15) is 0 Å². The molecule has 2 N–H and O–H groups in total. The summed E-state index contributed by atoms with van der Waals surface area (Å²) in [5.74, 6) is 0.328. The molecule has 0 amide bonds. The molecule has 0 saturated carbocycles. The fourth-order valence-electron chi connectivity index (χ4n) is 2.50. The van der Waals surface area contributed by atoms with Gasteiger partial charge in [-0.05, 0) is 30.7 Å². The maximum absolute atomic E-state index is 12.3. The SMILES string of the molecule is Cc1c(C=O)cccc1-c1cc(-c2cnc(/C=C\C(=N)C(F)F)[nH]2)ncn1. The van der Waals surface area contributed by atoms with Crippen LogP contribution < -0.4 is 0 Å². The molecule has 0 radical (unpaired) electrons. The Labute approximate surface area is 153 Å². The van der Waals surface area contributed by atoms with E-state index in [1.165, 1.54) is 18.6 Å². The monoisotopic (exact) mass is 367 g/mol. The number of aromatic amines is 1. The molecule has 0 atom stereocenters. The van der Waals surface area contributed by atoms with Crippen LogP contribution in [0.3, 0.4) is 0 Å². The molecule has 0 bridgehead atoms. The zero-order chi connectivity index (χ0) is 19.4. The first-order valence-corrected chi connectivity index (χ1v) is 7.97. The minimum atomic E-state index is -2.83. The second-order valence-corrected chi connectivity index (χ2v) is 5.70. The molecule has 0 unspecified atom stereocenters. The third-order valence-electron chi connectivity index (χ3n) is 3.97. The van der Waals surface area contributed by atoms with Gasteiger partial charge in [0.05, 0.1) is 29.0 Å². The predicted octanol–water partition coefficient (Wildman–Crippen LogP) is 3.95. The molecule has 0 aliphatic heterocycles. The molecule has 6 nitrogen and oxygen atoms in total. The number of hydrogen-bond acceptors (Lipinski definition) is 5. The van der Waals surface area contributed by atoms with Crippen molar-refractivity contribution in [2.45, 2.75) is 13.3 Å². The number of nitrogens with one attached hydrogen (secondary N) is 2. The second kappa shape index (κ2) is 7.77. The Bertz CT molecular complexity index is 1030. The van der Waals surface area contributed by atoms with Crippen molar-refractivity contribution in [1.82, 2.24) is 19.9 Å². The van der Waals surface area contributed by atoms with Gasteiger partial charge in [-0.1, -0.05) is 18.2 Å². The van der Waals surface area contributed by atoms with Crippen molar-refractivity contribution in [2.75, 3.05) is 0 Å². The zero-order valence-electron chi connectivity index (χ0n) is 14.3. The van der Waals surface area contributed by atoms with E-state index in [0.29, 0.717) is 28.5 Å². The van der Waals surface area contributed by atoms with E-state index in [9.17, 15) is 13.6 Å². The molecule has 8 heteroatoms. The first-order valence-electron chi connectivity index (χ1n) is 7.97. The molecule has 2 heterocycles. The highest BCUT2D eigenvalue weighted by atomic mass is 19.3. The number of imidazole rings is 1. The number of nitrogens with zero attached hydrogens (tertiary/aromatic N) is 3. The van der Waals surface area contributed by atoms with E-state index in [-0.39, 0.29) is 0 Å². The number of aromatic nitrogens is 4. The molecular weight excluding hydrogens is 352 g/mol. The molecular formula is C19H15F2N5O. The number of carbonyl (C=O) groups excluding carboxylic acids is 1. The zero-order valence-corrected chi connectivity index (χ0v) is 14.3. The van der Waals surface area contributed by atoms with E-state index in [2.05, 4.69) is 19.9 Å². The number of allylic oxidation sites excluding steroid dienone is 1. The van der Waals surface area contributed by atoms with Crippen molar-refractivity contribution in [2.24, 2.45) is 0 Å². The summed E-state index contributed by atoms with van der Waals surface area (Å²) < 4.78 is 24.7. The number of benzene rings is 1. The maximum Gasteiger partial charge on any atom is 0.279 e. The lowest BCUT2D eigenvalue weighted by Crippen LogP contribution is -2.03. The van der Waals surface area contributed by atoms with Gasteiger partial charge in [0.25, 0.3) is 6.43 Å². The van der Waals surface area contributed by atoms with Gasteiger partial charge in [-0.3, -0.25) is 10.2 Å². The molecule has 0 spiro atoms. The average molecular weight is 367 g/mol. The van der Waals surface area contributed by atoms with Crippen molar-refractivity contribution in [3.63, 3.8) is 0 Å². The standard InChI is InChI=1S/C19H15F2N5O/c1-11-12(9-27)3-2-4-13(11)15-7-16(25-10-24-15)17-8-23-18(26-17)6-5-14(22)19(20)21/h2-10,19,22H,1H3,(H,23,26)/b6-5-,22-14?. The van der Waals surface area contributed by atoms with Gasteiger partial charge in [0.1, 0.15) is 18.4 Å². The van der Waals surface area contributed by atoms with Gasteiger partial charge in [-0.25, -0.2) is 23.7 Å². The summed E-state index contributed by atoms with van der Waals surface area (Å²) in [6, 6.07) is 7.13. The third-order valence-corrected chi connectivity index (χ3v) is 3.97. The van der Waals surface area contributed by atoms with E-state index in [0.717, 1.165) is 23.5 Å². The van der Waals surface area contributed by atoms with Gasteiger partial charge in [0, 0.05) is 11.1 Å². The first kappa shape index (κ1) is 18.2. The Morgan fingerprint density at radius 1 is 1.22 bits per heavy atom. The van der Waals surface area contributed by atoms with Crippen LogP contribution in [0, 0.1) is 12.3 Å². The van der Waals surface area contributed by atoms with Gasteiger partial charge < -0.3 is 4.98 Å². The summed E-state index contributed by atoms with van der Waals surface area (Å²) in [5, 5.41) is 7.12. The second-order valence-electron chi connectivity index (χ2n) is 5.70. The Hall–Kier alpha value is -3.55. The molecule has 0 saturated heterocycles. The predicted molar refractivity (Wildman–Crippen MR) is 97.9 cm³/mol. The maximum atomic E-state index is 12.3. The van der Waals surface area contributed by atoms with Gasteiger partial charge in [-0.15, -0.1) is 0 Å². The highest BCUT2D eigenvalue weighted by Gasteiger charge is 2.11. The smallest absolute Gasteiger partial charge is 0.279 e. The molecule has 3 rings (SSSR count). The fourth-order valence-corrected chi connectivity index (χ4v) is 2.50. The molecule has 0 aliphatic rings. The average Bonchev–Trinajstić information content (AvgIpc) is 3.15. The molecule has 0 fully saturated rings. The quantitative estimate of drug-likeness (QED) is 0.509. The fraction of sp³-hybridized carbons (Fsp3) is 0.105. The molecule has 0 aliphatic carbocycles. The minimum absolute atomic E-state index is 0.328. The van der Waals surface area contributed by atoms with E-state index in [4.69, 9.17) is 5.41 Å². The molecule has 1 aromatic carbocycles. The number of alkyl halides is 2. The lowest BCUT2D eigenvalue weighted by atomic mass is 10.00. The van der Waals surface area contributed by atoms with Crippen LogP contribution in [0.25, 0.3) is 28.7 Å². The van der Waals surface area contributed by atoms with Crippen LogP contribution in [0.4, 0.5) is 8.78 Å². The van der Waals surface area contributed by atoms with Crippen molar-refractivity contribution in [3.8, 4) is 22.6 Å². The summed E-state index contributed by atoms with van der Waals surface area (Å²) >= 11 is 0. The summed E-state index contributed by atoms with van der Waals surface area (Å²) in [5.41, 5.74) is 3.21. The molecule has 3 aromatic rings. The number of aldehydes is 1. The minimum Gasteiger partial charge on any atom is -0.337 e. The Kier molecular flexibility index (Phi) is 5.25. The van der Waals surface area contributed by atoms with Gasteiger partial charge in [0.15, 0.2) is 0 Å². The third kappa shape index (κ3) is 4.00. The highest BCUT2D eigenvalue weighted by molar-refractivity contribution is 5.97. The van der Waals surface area contributed by atoms with Crippen molar-refractivity contribution in [1.29, 1.82) is 5.41 Å². The largest absolute Gasteiger partial charge is 0.337 e. The number of hydrogen-bond donors (Lipinski definition) is 2. The number of H-pyrrole nitrogens is 1. The lowest BCUT2D eigenvalue weighted by molar-refractivity contribution is 0.112. The topological polar surface area (TPSA) is 95.4 Å². The van der Waals surface area contributed by atoms with Crippen molar-refractivity contribution < 1.29 is 13.6 Å². The summed E-state index contributed by atoms with van der Waals surface area (Å²) in [6.07, 6.45) is 3.19. The number of rotatable bonds is 6. The summed E-state index contributed by atoms with van der Waals surface area (Å²) in [6.45, 7) is 1.85. The van der Waals surface area contributed by atoms with Gasteiger partial charge >= 0.3 is 0 Å². The van der Waals surface area contributed by atoms with Crippen LogP contribution in [0.2, 0.25) is 0 Å². The molecule has 136 valence electrons. The van der Waals surface area contributed by atoms with Crippen molar-refractivity contribution in [3.05, 3.63) is 59.8 Å². The van der Waals surface area contributed by atoms with Crippen LogP contribution in [0.15, 0.2) is 42.9 Å². The van der Waals surface area contributed by atoms with E-state index in [1.807, 2.05) is 13.0 Å². The Balaban J connectivity index is 1.91. The van der Waals surface area contributed by atoms with Gasteiger partial charge in [0.2, 0.25) is 0 Å². The first-order chi connectivity index (χ1) is 13.0. The highest BCUT2D eigenvalue weighted by Crippen LogP contribution is 2.26. The molecule has 2 aromatic heterocycles. The van der Waals surface area contributed by atoms with Crippen LogP contribution in [-0.4, -0.2) is 38.4 Å².